The fourth-order valence-electron chi connectivity index (χ4n) is 2.38. The minimum atomic E-state index is -4.43. The molecule has 146 valence electrons. The Morgan fingerprint density at radius 3 is 2.38 bits per heavy atom. The van der Waals surface area contributed by atoms with Gasteiger partial charge in [-0.3, -0.25) is 9.69 Å². The SMILES string of the molecule is CS(=O)(=O)CCN1CCN(C(=O)CSc2ccc(C(F)(F)F)cn2)CC1. The lowest BCUT2D eigenvalue weighted by Crippen LogP contribution is -2.50. The maximum absolute atomic E-state index is 12.5. The highest BCUT2D eigenvalue weighted by atomic mass is 32.2. The minimum Gasteiger partial charge on any atom is -0.339 e. The molecule has 0 unspecified atom stereocenters. The van der Waals surface area contributed by atoms with Gasteiger partial charge in [-0.2, -0.15) is 13.2 Å². The van der Waals surface area contributed by atoms with Crippen molar-refractivity contribution < 1.29 is 26.4 Å². The molecule has 0 atom stereocenters. The van der Waals surface area contributed by atoms with Crippen LogP contribution in [0.4, 0.5) is 13.2 Å². The number of hydrogen-bond donors (Lipinski definition) is 0. The first-order valence-electron chi connectivity index (χ1n) is 7.88. The van der Waals surface area contributed by atoms with Crippen LogP contribution in [0.2, 0.25) is 0 Å². The second-order valence-corrected chi connectivity index (χ2v) is 9.28. The van der Waals surface area contributed by atoms with Crippen molar-refractivity contribution in [3.05, 3.63) is 23.9 Å². The first-order valence-corrected chi connectivity index (χ1v) is 10.9. The van der Waals surface area contributed by atoms with E-state index in [9.17, 15) is 26.4 Å². The largest absolute Gasteiger partial charge is 0.417 e. The standard InChI is InChI=1S/C15H20F3N3O3S2/c1-26(23,24)9-8-20-4-6-21(7-5-20)14(22)11-25-13-3-2-12(10-19-13)15(16,17)18/h2-3,10H,4-9,11H2,1H3. The van der Waals surface area contributed by atoms with E-state index in [0.29, 0.717) is 37.7 Å². The maximum Gasteiger partial charge on any atom is 0.417 e. The number of thioether (sulfide) groups is 1. The van der Waals surface area contributed by atoms with Crippen molar-refractivity contribution >= 4 is 27.5 Å². The number of piperazine rings is 1. The zero-order valence-electron chi connectivity index (χ0n) is 14.2. The number of hydrogen-bond acceptors (Lipinski definition) is 6. The molecule has 1 fully saturated rings. The maximum atomic E-state index is 12.5. The number of nitrogens with zero attached hydrogens (tertiary/aromatic N) is 3. The monoisotopic (exact) mass is 411 g/mol. The zero-order valence-corrected chi connectivity index (χ0v) is 15.8. The third kappa shape index (κ3) is 6.76. The van der Waals surface area contributed by atoms with Crippen LogP contribution < -0.4 is 0 Å². The fourth-order valence-corrected chi connectivity index (χ4v) is 3.71. The van der Waals surface area contributed by atoms with E-state index < -0.39 is 21.6 Å². The van der Waals surface area contributed by atoms with Crippen molar-refractivity contribution in [3.8, 4) is 0 Å². The van der Waals surface area contributed by atoms with Gasteiger partial charge in [-0.25, -0.2) is 13.4 Å². The number of sulfone groups is 1. The zero-order chi connectivity index (χ0) is 19.4. The van der Waals surface area contributed by atoms with Crippen molar-refractivity contribution in [1.29, 1.82) is 0 Å². The van der Waals surface area contributed by atoms with E-state index in [-0.39, 0.29) is 17.4 Å². The number of aromatic nitrogens is 1. The molecule has 1 amide bonds. The number of amides is 1. The molecule has 0 saturated carbocycles. The van der Waals surface area contributed by atoms with E-state index >= 15 is 0 Å². The molecule has 0 aromatic carbocycles. The molecule has 1 saturated heterocycles. The molecule has 1 aliphatic heterocycles. The fraction of sp³-hybridized carbons (Fsp3) is 0.600. The van der Waals surface area contributed by atoms with Gasteiger partial charge in [0.1, 0.15) is 9.84 Å². The Kier molecular flexibility index (Phi) is 6.92. The lowest BCUT2D eigenvalue weighted by atomic mass is 10.3. The highest BCUT2D eigenvalue weighted by molar-refractivity contribution is 7.99. The summed E-state index contributed by atoms with van der Waals surface area (Å²) in [6, 6.07) is 2.20. The third-order valence-corrected chi connectivity index (χ3v) is 5.76. The normalized spacial score (nSPS) is 16.7. The summed E-state index contributed by atoms with van der Waals surface area (Å²) in [5, 5.41) is 0.359. The van der Waals surface area contributed by atoms with Gasteiger partial charge in [0.05, 0.1) is 22.1 Å². The summed E-state index contributed by atoms with van der Waals surface area (Å²) in [5.41, 5.74) is -0.821. The van der Waals surface area contributed by atoms with Crippen molar-refractivity contribution in [2.45, 2.75) is 11.2 Å². The average Bonchev–Trinajstić information content (AvgIpc) is 2.57. The molecule has 2 rings (SSSR count). The molecule has 6 nitrogen and oxygen atoms in total. The summed E-state index contributed by atoms with van der Waals surface area (Å²) in [4.78, 5) is 19.6. The van der Waals surface area contributed by atoms with E-state index in [0.717, 1.165) is 24.0 Å². The minimum absolute atomic E-state index is 0.0936. The van der Waals surface area contributed by atoms with Gasteiger partial charge in [-0.15, -0.1) is 0 Å². The summed E-state index contributed by atoms with van der Waals surface area (Å²) in [5.74, 6) is 0.0809. The Labute approximate surface area is 154 Å². The molecule has 0 spiro atoms. The summed E-state index contributed by atoms with van der Waals surface area (Å²) in [6.07, 6.45) is -2.48. The van der Waals surface area contributed by atoms with Crippen LogP contribution in [0.3, 0.4) is 0 Å². The highest BCUT2D eigenvalue weighted by Crippen LogP contribution is 2.29. The number of halogens is 3. The second-order valence-electron chi connectivity index (χ2n) is 6.02. The summed E-state index contributed by atoms with van der Waals surface area (Å²) in [7, 11) is -3.01. The molecule has 0 aliphatic carbocycles. The van der Waals surface area contributed by atoms with E-state index in [1.54, 1.807) is 4.90 Å². The molecule has 26 heavy (non-hydrogen) atoms. The predicted octanol–water partition coefficient (Wildman–Crippen LogP) is 1.38. The Bertz CT molecular complexity index is 716. The van der Waals surface area contributed by atoms with Crippen molar-refractivity contribution in [2.24, 2.45) is 0 Å². The first kappa shape index (κ1) is 21.0. The molecule has 0 bridgehead atoms. The summed E-state index contributed by atoms with van der Waals surface area (Å²) in [6.45, 7) is 2.66. The topological polar surface area (TPSA) is 70.6 Å². The molecule has 0 N–H and O–H groups in total. The van der Waals surface area contributed by atoms with Crippen LogP contribution in [-0.2, 0) is 20.8 Å². The third-order valence-electron chi connectivity index (χ3n) is 3.91. The van der Waals surface area contributed by atoms with Gasteiger partial charge in [-0.05, 0) is 12.1 Å². The van der Waals surface area contributed by atoms with Crippen LogP contribution in [0.15, 0.2) is 23.4 Å². The van der Waals surface area contributed by atoms with Crippen LogP contribution in [0.5, 0.6) is 0 Å². The molecule has 2 heterocycles. The van der Waals surface area contributed by atoms with Gasteiger partial charge in [0.15, 0.2) is 0 Å². The lowest BCUT2D eigenvalue weighted by molar-refractivity contribution is -0.138. The van der Waals surface area contributed by atoms with Crippen molar-refractivity contribution in [1.82, 2.24) is 14.8 Å². The number of carbonyl (C=O) groups is 1. The first-order chi connectivity index (χ1) is 12.0. The highest BCUT2D eigenvalue weighted by Gasteiger charge is 2.30. The Morgan fingerprint density at radius 1 is 1.23 bits per heavy atom. The van der Waals surface area contributed by atoms with Gasteiger partial charge in [0.2, 0.25) is 5.91 Å². The second kappa shape index (κ2) is 8.57. The molecule has 1 aromatic rings. The number of alkyl halides is 3. The van der Waals surface area contributed by atoms with Crippen LogP contribution >= 0.6 is 11.8 Å². The van der Waals surface area contributed by atoms with Crippen LogP contribution in [-0.4, -0.2) is 79.6 Å². The van der Waals surface area contributed by atoms with Gasteiger partial charge >= 0.3 is 6.18 Å². The van der Waals surface area contributed by atoms with Crippen molar-refractivity contribution in [3.63, 3.8) is 0 Å². The van der Waals surface area contributed by atoms with Gasteiger partial charge < -0.3 is 4.90 Å². The molecule has 11 heteroatoms. The molecule has 1 aliphatic rings. The Hall–Kier alpha value is -1.33. The Balaban J connectivity index is 1.75. The van der Waals surface area contributed by atoms with Gasteiger partial charge in [0.25, 0.3) is 0 Å². The quantitative estimate of drug-likeness (QED) is 0.659. The van der Waals surface area contributed by atoms with Crippen LogP contribution in [0.1, 0.15) is 5.56 Å². The average molecular weight is 411 g/mol. The number of carbonyl (C=O) groups excluding carboxylic acids is 1. The van der Waals surface area contributed by atoms with Crippen LogP contribution in [0.25, 0.3) is 0 Å². The van der Waals surface area contributed by atoms with E-state index in [1.165, 1.54) is 12.3 Å². The van der Waals surface area contributed by atoms with E-state index in [1.807, 2.05) is 4.90 Å². The Morgan fingerprint density at radius 2 is 1.88 bits per heavy atom. The number of pyridine rings is 1. The smallest absolute Gasteiger partial charge is 0.339 e. The van der Waals surface area contributed by atoms with Crippen LogP contribution in [0, 0.1) is 0 Å². The molecule has 0 radical (unpaired) electrons. The van der Waals surface area contributed by atoms with E-state index in [4.69, 9.17) is 0 Å². The van der Waals surface area contributed by atoms with Gasteiger partial charge in [-0.1, -0.05) is 11.8 Å². The van der Waals surface area contributed by atoms with Gasteiger partial charge in [0, 0.05) is 45.2 Å². The molecular weight excluding hydrogens is 391 g/mol. The molecule has 1 aromatic heterocycles. The van der Waals surface area contributed by atoms with Crippen molar-refractivity contribution in [2.75, 3.05) is 50.5 Å². The van der Waals surface area contributed by atoms with E-state index in [2.05, 4.69) is 4.98 Å². The lowest BCUT2D eigenvalue weighted by Gasteiger charge is -2.34. The summed E-state index contributed by atoms with van der Waals surface area (Å²) >= 11 is 1.09. The summed E-state index contributed by atoms with van der Waals surface area (Å²) < 4.78 is 59.8. The molecular formula is C15H20F3N3O3S2. The predicted molar refractivity (Wildman–Crippen MR) is 92.7 cm³/mol. The number of rotatable bonds is 6.